The first-order valence-corrected chi connectivity index (χ1v) is 9.98. The van der Waals surface area contributed by atoms with Gasteiger partial charge in [0.05, 0.1) is 18.0 Å². The summed E-state index contributed by atoms with van der Waals surface area (Å²) < 4.78 is 33.0. The van der Waals surface area contributed by atoms with Crippen LogP contribution in [0.15, 0.2) is 23.1 Å². The van der Waals surface area contributed by atoms with Crippen LogP contribution >= 0.6 is 0 Å². The molecule has 1 aliphatic heterocycles. The van der Waals surface area contributed by atoms with Gasteiger partial charge >= 0.3 is 11.8 Å². The summed E-state index contributed by atoms with van der Waals surface area (Å²) in [4.78, 5) is 23.5. The molecule has 1 aromatic carbocycles. The number of hydrogen-bond acceptors (Lipinski definition) is 5. The van der Waals surface area contributed by atoms with Crippen LogP contribution in [0.5, 0.6) is 0 Å². The zero-order valence-corrected chi connectivity index (χ0v) is 16.1. The first kappa shape index (κ1) is 20.3. The fourth-order valence-corrected chi connectivity index (χ4v) is 4.59. The molecule has 2 rings (SSSR count). The molecule has 0 saturated carbocycles. The molecule has 1 aromatic rings. The summed E-state index contributed by atoms with van der Waals surface area (Å²) >= 11 is 0. The molecule has 1 unspecified atom stereocenters. The van der Waals surface area contributed by atoms with E-state index in [1.807, 2.05) is 13.0 Å². The van der Waals surface area contributed by atoms with Crippen molar-refractivity contribution in [2.24, 2.45) is 0 Å². The number of carbonyl (C=O) groups excluding carboxylic acids is 2. The first-order chi connectivity index (χ1) is 12.3. The highest BCUT2D eigenvalue weighted by Crippen LogP contribution is 2.25. The second-order valence-electron chi connectivity index (χ2n) is 6.13. The Balaban J connectivity index is 2.18. The molecule has 1 atom stereocenters. The third-order valence-corrected chi connectivity index (χ3v) is 6.10. The van der Waals surface area contributed by atoms with Crippen LogP contribution in [0.3, 0.4) is 0 Å². The molecule has 144 valence electrons. The average Bonchev–Trinajstić information content (AvgIpc) is 2.62. The van der Waals surface area contributed by atoms with Gasteiger partial charge in [0.2, 0.25) is 10.0 Å². The molecular formula is C17H25N3O5S. The summed E-state index contributed by atoms with van der Waals surface area (Å²) in [5.41, 5.74) is 1.49. The Bertz CT molecular complexity index is 779. The summed E-state index contributed by atoms with van der Waals surface area (Å²) in [7, 11) is -3.79. The van der Waals surface area contributed by atoms with Gasteiger partial charge in [-0.15, -0.1) is 0 Å². The van der Waals surface area contributed by atoms with E-state index in [0.717, 1.165) is 5.56 Å². The van der Waals surface area contributed by atoms with E-state index in [9.17, 15) is 18.0 Å². The van der Waals surface area contributed by atoms with Gasteiger partial charge in [-0.2, -0.15) is 4.31 Å². The lowest BCUT2D eigenvalue weighted by atomic mass is 10.2. The third kappa shape index (κ3) is 4.60. The summed E-state index contributed by atoms with van der Waals surface area (Å²) in [5.74, 6) is -1.57. The van der Waals surface area contributed by atoms with E-state index in [1.165, 1.54) is 4.31 Å². The van der Waals surface area contributed by atoms with Gasteiger partial charge in [-0.05, 0) is 44.4 Å². The number of nitrogens with one attached hydrogen (secondary N) is 2. The lowest BCUT2D eigenvalue weighted by molar-refractivity contribution is -0.140. The van der Waals surface area contributed by atoms with Gasteiger partial charge < -0.3 is 15.4 Å². The van der Waals surface area contributed by atoms with E-state index in [1.54, 1.807) is 26.0 Å². The number of rotatable bonds is 5. The molecule has 2 amide bonds. The molecule has 0 aliphatic carbocycles. The Hall–Kier alpha value is -1.97. The normalized spacial score (nSPS) is 18.3. The van der Waals surface area contributed by atoms with E-state index in [4.69, 9.17) is 4.74 Å². The molecule has 9 heteroatoms. The van der Waals surface area contributed by atoms with Crippen LogP contribution < -0.4 is 10.6 Å². The summed E-state index contributed by atoms with van der Waals surface area (Å²) in [6.45, 7) is 6.18. The average molecular weight is 383 g/mol. The van der Waals surface area contributed by atoms with Crippen molar-refractivity contribution < 1.29 is 22.7 Å². The second-order valence-corrected chi connectivity index (χ2v) is 7.99. The molecule has 0 aromatic heterocycles. The molecule has 8 nitrogen and oxygen atoms in total. The van der Waals surface area contributed by atoms with E-state index in [-0.39, 0.29) is 18.0 Å². The summed E-state index contributed by atoms with van der Waals surface area (Å²) in [6.07, 6.45) is -0.294. The molecule has 1 aliphatic rings. The van der Waals surface area contributed by atoms with Crippen LogP contribution in [0.4, 0.5) is 0 Å². The molecule has 0 spiro atoms. The van der Waals surface area contributed by atoms with Gasteiger partial charge in [0, 0.05) is 13.1 Å². The topological polar surface area (TPSA) is 105 Å². The maximum atomic E-state index is 13.1. The minimum Gasteiger partial charge on any atom is -0.360 e. The number of aryl methyl sites for hydroxylation is 2. The van der Waals surface area contributed by atoms with E-state index in [0.29, 0.717) is 25.1 Å². The Morgan fingerprint density at radius 3 is 2.62 bits per heavy atom. The van der Waals surface area contributed by atoms with Crippen LogP contribution in [0.1, 0.15) is 24.5 Å². The molecule has 0 bridgehead atoms. The van der Waals surface area contributed by atoms with E-state index < -0.39 is 28.1 Å². The van der Waals surface area contributed by atoms with Gasteiger partial charge in [0.1, 0.15) is 6.23 Å². The predicted octanol–water partition coefficient (Wildman–Crippen LogP) is 0.293. The molecule has 2 N–H and O–H groups in total. The van der Waals surface area contributed by atoms with Crippen LogP contribution in [-0.4, -0.2) is 57.0 Å². The summed E-state index contributed by atoms with van der Waals surface area (Å²) in [5, 5.41) is 4.82. The molecule has 1 saturated heterocycles. The van der Waals surface area contributed by atoms with Crippen molar-refractivity contribution in [2.45, 2.75) is 38.3 Å². The third-order valence-electron chi connectivity index (χ3n) is 4.07. The van der Waals surface area contributed by atoms with E-state index in [2.05, 4.69) is 10.6 Å². The molecular weight excluding hydrogens is 358 g/mol. The molecule has 0 radical (unpaired) electrons. The monoisotopic (exact) mass is 383 g/mol. The van der Waals surface area contributed by atoms with Gasteiger partial charge in [-0.3, -0.25) is 9.59 Å². The number of ether oxygens (including phenoxy) is 1. The van der Waals surface area contributed by atoms with Crippen molar-refractivity contribution in [3.63, 3.8) is 0 Å². The Morgan fingerprint density at radius 2 is 1.92 bits per heavy atom. The van der Waals surface area contributed by atoms with Crippen LogP contribution in [-0.2, 0) is 24.3 Å². The minimum absolute atomic E-state index is 0.0972. The van der Waals surface area contributed by atoms with E-state index >= 15 is 0 Å². The minimum atomic E-state index is -3.79. The van der Waals surface area contributed by atoms with Crippen molar-refractivity contribution >= 4 is 21.8 Å². The van der Waals surface area contributed by atoms with Crippen molar-refractivity contribution in [1.82, 2.24) is 14.9 Å². The lowest BCUT2D eigenvalue weighted by Gasteiger charge is -2.35. The number of nitrogens with zero attached hydrogens (tertiary/aromatic N) is 1. The highest BCUT2D eigenvalue weighted by molar-refractivity contribution is 7.89. The van der Waals surface area contributed by atoms with Crippen LogP contribution in [0.2, 0.25) is 0 Å². The van der Waals surface area contributed by atoms with Crippen molar-refractivity contribution in [3.05, 3.63) is 29.3 Å². The second kappa shape index (κ2) is 8.61. The Labute approximate surface area is 153 Å². The predicted molar refractivity (Wildman–Crippen MR) is 95.9 cm³/mol. The summed E-state index contributed by atoms with van der Waals surface area (Å²) in [6, 6.07) is 5.24. The van der Waals surface area contributed by atoms with Gasteiger partial charge in [0.25, 0.3) is 0 Å². The molecule has 1 fully saturated rings. The number of benzene rings is 1. The zero-order chi connectivity index (χ0) is 19.3. The first-order valence-electron chi connectivity index (χ1n) is 8.54. The lowest BCUT2D eigenvalue weighted by Crippen LogP contribution is -2.53. The standard InChI is InChI=1S/C17H25N3O5S/c1-4-18-16(21)17(22)19-11-15-20(8-5-9-25-15)26(23,24)14-10-12(2)6-7-13(14)3/h6-7,10,15H,4-5,8-9,11H2,1-3H3,(H,18,21)(H,19,22). The Kier molecular flexibility index (Phi) is 6.74. The van der Waals surface area contributed by atoms with Crippen LogP contribution in [0, 0.1) is 13.8 Å². The maximum absolute atomic E-state index is 13.1. The zero-order valence-electron chi connectivity index (χ0n) is 15.2. The molecule has 26 heavy (non-hydrogen) atoms. The van der Waals surface area contributed by atoms with Gasteiger partial charge in [0.15, 0.2) is 0 Å². The van der Waals surface area contributed by atoms with Crippen LogP contribution in [0.25, 0.3) is 0 Å². The smallest absolute Gasteiger partial charge is 0.309 e. The van der Waals surface area contributed by atoms with Gasteiger partial charge in [-0.25, -0.2) is 8.42 Å². The number of carbonyl (C=O) groups is 2. The quantitative estimate of drug-likeness (QED) is 0.711. The number of hydrogen-bond donors (Lipinski definition) is 2. The van der Waals surface area contributed by atoms with Crippen molar-refractivity contribution in [2.75, 3.05) is 26.2 Å². The highest BCUT2D eigenvalue weighted by Gasteiger charge is 2.35. The van der Waals surface area contributed by atoms with Gasteiger partial charge in [-0.1, -0.05) is 12.1 Å². The number of amides is 2. The number of likely N-dealkylation sites (N-methyl/N-ethyl adjacent to an activating group) is 1. The largest absolute Gasteiger partial charge is 0.360 e. The fraction of sp³-hybridized carbons (Fsp3) is 0.529. The molecule has 1 heterocycles. The number of sulfonamides is 1. The maximum Gasteiger partial charge on any atom is 0.309 e. The SMILES string of the molecule is CCNC(=O)C(=O)NCC1OCCCN1S(=O)(=O)c1cc(C)ccc1C. The highest BCUT2D eigenvalue weighted by atomic mass is 32.2. The van der Waals surface area contributed by atoms with Crippen molar-refractivity contribution in [3.8, 4) is 0 Å². The fourth-order valence-electron chi connectivity index (χ4n) is 2.72. The van der Waals surface area contributed by atoms with Crippen molar-refractivity contribution in [1.29, 1.82) is 0 Å². The Morgan fingerprint density at radius 1 is 1.23 bits per heavy atom.